The van der Waals surface area contributed by atoms with Gasteiger partial charge in [0.1, 0.15) is 12.2 Å². The van der Waals surface area contributed by atoms with Crippen LogP contribution in [0, 0.1) is 0 Å². The lowest BCUT2D eigenvalue weighted by Crippen LogP contribution is -2.22. The van der Waals surface area contributed by atoms with Crippen molar-refractivity contribution in [2.75, 3.05) is 6.61 Å². The average molecular weight is 279 g/mol. The Hall–Kier alpha value is -1.24. The Bertz CT molecular complexity index is 548. The van der Waals surface area contributed by atoms with Gasteiger partial charge in [-0.3, -0.25) is 0 Å². The summed E-state index contributed by atoms with van der Waals surface area (Å²) in [5.41, 5.74) is 2.59. The fourth-order valence-corrected chi connectivity index (χ4v) is 2.49. The summed E-state index contributed by atoms with van der Waals surface area (Å²) in [6.07, 6.45) is 0. The van der Waals surface area contributed by atoms with Crippen LogP contribution in [0.2, 0.25) is 25.7 Å². The molecule has 19 heavy (non-hydrogen) atoms. The number of aliphatic hydroxyl groups is 1. The summed E-state index contributed by atoms with van der Waals surface area (Å²) in [4.78, 5) is 0. The SMILES string of the molecule is C[Si](C)(C)CCOCn1nnc2ccc(CO)cc21. The molecule has 0 saturated heterocycles. The zero-order chi connectivity index (χ0) is 13.9. The van der Waals surface area contributed by atoms with E-state index in [1.807, 2.05) is 18.2 Å². The molecule has 0 fully saturated rings. The number of benzene rings is 1. The highest BCUT2D eigenvalue weighted by Crippen LogP contribution is 2.14. The van der Waals surface area contributed by atoms with Gasteiger partial charge in [0.05, 0.1) is 12.1 Å². The van der Waals surface area contributed by atoms with E-state index in [0.29, 0.717) is 6.73 Å². The van der Waals surface area contributed by atoms with Gasteiger partial charge in [-0.25, -0.2) is 4.68 Å². The molecule has 0 bridgehead atoms. The van der Waals surface area contributed by atoms with Crippen LogP contribution in [0.3, 0.4) is 0 Å². The zero-order valence-corrected chi connectivity index (χ0v) is 12.8. The van der Waals surface area contributed by atoms with Crippen molar-refractivity contribution in [2.24, 2.45) is 0 Å². The second kappa shape index (κ2) is 5.81. The number of nitrogens with zero attached hydrogens (tertiary/aromatic N) is 3. The molecule has 2 rings (SSSR count). The fraction of sp³-hybridized carbons (Fsp3) is 0.538. The third-order valence-corrected chi connectivity index (χ3v) is 4.67. The number of fused-ring (bicyclic) bond motifs is 1. The number of hydrogen-bond donors (Lipinski definition) is 1. The molecule has 0 spiro atoms. The van der Waals surface area contributed by atoms with Crippen LogP contribution >= 0.6 is 0 Å². The van der Waals surface area contributed by atoms with Crippen LogP contribution in [0.25, 0.3) is 11.0 Å². The van der Waals surface area contributed by atoms with E-state index in [4.69, 9.17) is 9.84 Å². The average Bonchev–Trinajstić information content (AvgIpc) is 2.76. The first kappa shape index (κ1) is 14.2. The Labute approximate surface area is 114 Å². The van der Waals surface area contributed by atoms with E-state index in [1.54, 1.807) is 4.68 Å². The molecule has 104 valence electrons. The molecule has 1 N–H and O–H groups in total. The molecule has 6 heteroatoms. The largest absolute Gasteiger partial charge is 0.392 e. The first-order valence-corrected chi connectivity index (χ1v) is 10.2. The molecule has 0 amide bonds. The monoisotopic (exact) mass is 279 g/mol. The molecule has 0 aliphatic rings. The minimum Gasteiger partial charge on any atom is -0.392 e. The molecule has 0 aliphatic carbocycles. The maximum atomic E-state index is 9.15. The van der Waals surface area contributed by atoms with Crippen molar-refractivity contribution in [3.05, 3.63) is 23.8 Å². The second-order valence-electron chi connectivity index (χ2n) is 5.92. The van der Waals surface area contributed by atoms with E-state index in [9.17, 15) is 0 Å². The maximum Gasteiger partial charge on any atom is 0.141 e. The van der Waals surface area contributed by atoms with Gasteiger partial charge in [0.15, 0.2) is 0 Å². The molecule has 1 heterocycles. The lowest BCUT2D eigenvalue weighted by molar-refractivity contribution is 0.0802. The molecular weight excluding hydrogens is 258 g/mol. The molecule has 0 unspecified atom stereocenters. The molecule has 0 radical (unpaired) electrons. The normalized spacial score (nSPS) is 12.2. The number of aliphatic hydroxyl groups excluding tert-OH is 1. The van der Waals surface area contributed by atoms with Gasteiger partial charge in [0.25, 0.3) is 0 Å². The number of hydrogen-bond acceptors (Lipinski definition) is 4. The van der Waals surface area contributed by atoms with Gasteiger partial charge in [0, 0.05) is 14.7 Å². The summed E-state index contributed by atoms with van der Waals surface area (Å²) in [6, 6.07) is 6.76. The van der Waals surface area contributed by atoms with E-state index in [2.05, 4.69) is 30.0 Å². The van der Waals surface area contributed by atoms with Crippen molar-refractivity contribution in [3.63, 3.8) is 0 Å². The van der Waals surface area contributed by atoms with Gasteiger partial charge in [-0.1, -0.05) is 30.9 Å². The van der Waals surface area contributed by atoms with Crippen molar-refractivity contribution in [1.29, 1.82) is 0 Å². The molecule has 1 aromatic heterocycles. The Morgan fingerprint density at radius 3 is 2.79 bits per heavy atom. The zero-order valence-electron chi connectivity index (χ0n) is 11.8. The molecule has 0 atom stereocenters. The second-order valence-corrected chi connectivity index (χ2v) is 11.5. The fourth-order valence-electron chi connectivity index (χ4n) is 1.73. The van der Waals surface area contributed by atoms with E-state index >= 15 is 0 Å². The topological polar surface area (TPSA) is 60.2 Å². The minimum absolute atomic E-state index is 0.0254. The number of ether oxygens (including phenoxy) is 1. The summed E-state index contributed by atoms with van der Waals surface area (Å²) >= 11 is 0. The van der Waals surface area contributed by atoms with Crippen LogP contribution in [0.5, 0.6) is 0 Å². The van der Waals surface area contributed by atoms with Gasteiger partial charge in [-0.15, -0.1) is 5.10 Å². The van der Waals surface area contributed by atoms with Crippen molar-refractivity contribution in [2.45, 2.75) is 39.0 Å². The van der Waals surface area contributed by atoms with Crippen LogP contribution < -0.4 is 0 Å². The standard InChI is InChI=1S/C13H21N3O2Si/c1-19(2,3)7-6-18-10-16-13-8-11(9-17)4-5-12(13)14-15-16/h4-5,8,17H,6-7,9-10H2,1-3H3. The number of aromatic nitrogens is 3. The molecular formula is C13H21N3O2Si. The lowest BCUT2D eigenvalue weighted by Gasteiger charge is -2.15. The van der Waals surface area contributed by atoms with E-state index < -0.39 is 8.07 Å². The van der Waals surface area contributed by atoms with Crippen LogP contribution in [0.4, 0.5) is 0 Å². The van der Waals surface area contributed by atoms with Crippen molar-refractivity contribution >= 4 is 19.1 Å². The van der Waals surface area contributed by atoms with Crippen molar-refractivity contribution in [1.82, 2.24) is 15.0 Å². The van der Waals surface area contributed by atoms with Crippen LogP contribution in [-0.2, 0) is 18.1 Å². The molecule has 0 aliphatic heterocycles. The smallest absolute Gasteiger partial charge is 0.141 e. The maximum absolute atomic E-state index is 9.15. The third kappa shape index (κ3) is 3.86. The number of rotatable bonds is 6. The highest BCUT2D eigenvalue weighted by Gasteiger charge is 2.12. The van der Waals surface area contributed by atoms with Gasteiger partial charge in [-0.05, 0) is 23.7 Å². The predicted octanol–water partition coefficient (Wildman–Crippen LogP) is 2.24. The summed E-state index contributed by atoms with van der Waals surface area (Å²) in [5, 5.41) is 17.3. The summed E-state index contributed by atoms with van der Waals surface area (Å²) in [5.74, 6) is 0. The van der Waals surface area contributed by atoms with Gasteiger partial charge < -0.3 is 9.84 Å². The van der Waals surface area contributed by atoms with Crippen LogP contribution in [0.1, 0.15) is 5.56 Å². The van der Waals surface area contributed by atoms with Crippen molar-refractivity contribution in [3.8, 4) is 0 Å². The Balaban J connectivity index is 2.00. The minimum atomic E-state index is -1.05. The molecule has 2 aromatic rings. The Kier molecular flexibility index (Phi) is 4.33. The van der Waals surface area contributed by atoms with Crippen LogP contribution in [-0.4, -0.2) is 34.8 Å². The van der Waals surface area contributed by atoms with Gasteiger partial charge in [0.2, 0.25) is 0 Å². The molecule has 1 aromatic carbocycles. The van der Waals surface area contributed by atoms with Crippen LogP contribution in [0.15, 0.2) is 18.2 Å². The van der Waals surface area contributed by atoms with E-state index in [0.717, 1.165) is 29.2 Å². The summed E-state index contributed by atoms with van der Waals surface area (Å²) in [7, 11) is -1.05. The Morgan fingerprint density at radius 1 is 1.32 bits per heavy atom. The predicted molar refractivity (Wildman–Crippen MR) is 77.6 cm³/mol. The van der Waals surface area contributed by atoms with Gasteiger partial charge >= 0.3 is 0 Å². The quantitative estimate of drug-likeness (QED) is 0.651. The first-order chi connectivity index (χ1) is 8.99. The third-order valence-electron chi connectivity index (χ3n) is 2.97. The molecule has 0 saturated carbocycles. The lowest BCUT2D eigenvalue weighted by atomic mass is 10.2. The Morgan fingerprint density at radius 2 is 2.11 bits per heavy atom. The summed E-state index contributed by atoms with van der Waals surface area (Å²) < 4.78 is 7.40. The van der Waals surface area contributed by atoms with Crippen molar-refractivity contribution < 1.29 is 9.84 Å². The first-order valence-electron chi connectivity index (χ1n) is 6.50. The highest BCUT2D eigenvalue weighted by molar-refractivity contribution is 6.76. The highest BCUT2D eigenvalue weighted by atomic mass is 28.3. The van der Waals surface area contributed by atoms with E-state index in [1.165, 1.54) is 0 Å². The van der Waals surface area contributed by atoms with E-state index in [-0.39, 0.29) is 6.61 Å². The molecule has 5 nitrogen and oxygen atoms in total. The van der Waals surface area contributed by atoms with Gasteiger partial charge in [-0.2, -0.15) is 0 Å². The summed E-state index contributed by atoms with van der Waals surface area (Å²) in [6.45, 7) is 8.18.